The molecule has 5 unspecified atom stereocenters. The van der Waals surface area contributed by atoms with Crippen LogP contribution in [-0.2, 0) is 27.3 Å². The highest BCUT2D eigenvalue weighted by Crippen LogP contribution is 2.68. The number of phenolic OH excluding ortho intramolecular Hbond substituents is 2. The van der Waals surface area contributed by atoms with Crippen LogP contribution in [0.3, 0.4) is 0 Å². The third-order valence-electron chi connectivity index (χ3n) is 13.0. The molecule has 9 rings (SSSR count). The van der Waals surface area contributed by atoms with Gasteiger partial charge in [-0.2, -0.15) is 0 Å². The van der Waals surface area contributed by atoms with Gasteiger partial charge in [0.25, 0.3) is 5.91 Å². The van der Waals surface area contributed by atoms with Crippen LogP contribution in [0.15, 0.2) is 101 Å². The number of carbonyl (C=O) groups is 3. The number of hydrogen-bond donors (Lipinski definition) is 2. The van der Waals surface area contributed by atoms with E-state index in [-0.39, 0.29) is 47.5 Å². The molecule has 5 atom stereocenters. The van der Waals surface area contributed by atoms with Crippen molar-refractivity contribution in [3.63, 3.8) is 0 Å². The maximum Gasteiger partial charge on any atom is 0.253 e. The van der Waals surface area contributed by atoms with Gasteiger partial charge in [-0.1, -0.05) is 53.6 Å². The van der Waals surface area contributed by atoms with Crippen LogP contribution in [0.25, 0.3) is 6.08 Å². The average molecular weight is 811 g/mol. The summed E-state index contributed by atoms with van der Waals surface area (Å²) in [5.41, 5.74) is 0.179. The van der Waals surface area contributed by atoms with E-state index in [9.17, 15) is 19.8 Å². The minimum atomic E-state index is -1.68. The van der Waals surface area contributed by atoms with E-state index < -0.39 is 40.0 Å². The molecule has 4 heterocycles. The Morgan fingerprint density at radius 1 is 0.950 bits per heavy atom. The Morgan fingerprint density at radius 2 is 1.70 bits per heavy atom. The summed E-state index contributed by atoms with van der Waals surface area (Å²) in [6, 6.07) is 10.4. The van der Waals surface area contributed by atoms with E-state index in [1.807, 2.05) is 52.8 Å². The zero-order chi connectivity index (χ0) is 42.9. The van der Waals surface area contributed by atoms with Crippen molar-refractivity contribution in [2.75, 3.05) is 4.90 Å². The molecule has 1 amide bonds. The molecule has 60 heavy (non-hydrogen) atoms. The lowest BCUT2D eigenvalue weighted by Gasteiger charge is -2.56. The first kappa shape index (κ1) is 41.0. The molecule has 10 heteroatoms. The van der Waals surface area contributed by atoms with E-state index in [0.29, 0.717) is 58.5 Å². The number of aromatic nitrogens is 1. The standard InChI is InChI=1S/C50H54N2O8/c1-29(2)13-11-21-48(8)22-20-35-41(54)40-42(55)37-25-33-26-39-47(6,7)60-49(45(33)56,50(37,39)59-44(40)36(43(35)58-48)18-17-30(3)4)23-19-31(5)46(57)52(34-15-12-24-51-27-34)28-32-14-9-10-16-38(32)53/h9-10,12-17,19-20,22,24-25,27,33,39,53-54H,11,18,21,23,26,28H2,1-8H3/b31-19-. The van der Waals surface area contributed by atoms with E-state index in [4.69, 9.17) is 14.2 Å². The maximum absolute atomic E-state index is 15.2. The highest BCUT2D eigenvalue weighted by atomic mass is 16.6. The van der Waals surface area contributed by atoms with Gasteiger partial charge in [0.2, 0.25) is 0 Å². The first-order valence-corrected chi connectivity index (χ1v) is 20.9. The highest BCUT2D eigenvalue weighted by Gasteiger charge is 2.81. The predicted octanol–water partition coefficient (Wildman–Crippen LogP) is 9.49. The second kappa shape index (κ2) is 14.8. The molecule has 3 aromatic rings. The molecule has 1 saturated heterocycles. The van der Waals surface area contributed by atoms with Crippen molar-refractivity contribution in [3.8, 4) is 23.0 Å². The number of ether oxygens (including phenoxy) is 3. The summed E-state index contributed by atoms with van der Waals surface area (Å²) >= 11 is 0. The summed E-state index contributed by atoms with van der Waals surface area (Å²) in [5, 5.41) is 22.7. The fourth-order valence-electron chi connectivity index (χ4n) is 9.99. The molecule has 3 aliphatic carbocycles. The number of carbonyl (C=O) groups excluding carboxylic acids is 3. The Bertz CT molecular complexity index is 2470. The first-order chi connectivity index (χ1) is 28.4. The van der Waals surface area contributed by atoms with Crippen LogP contribution in [0.2, 0.25) is 0 Å². The molecule has 1 spiro atoms. The number of allylic oxidation sites excluding steroid dienone is 5. The number of phenols is 2. The molecule has 4 bridgehead atoms. The van der Waals surface area contributed by atoms with E-state index >= 15 is 4.79 Å². The molecule has 1 aromatic heterocycles. The molecule has 3 aliphatic heterocycles. The topological polar surface area (TPSA) is 135 Å². The molecule has 2 N–H and O–H groups in total. The molecule has 312 valence electrons. The molecular weight excluding hydrogens is 757 g/mol. The molecule has 0 radical (unpaired) electrons. The molecular formula is C50H54N2O8. The number of rotatable bonds is 11. The number of nitrogens with zero attached hydrogens (tertiary/aromatic N) is 2. The van der Waals surface area contributed by atoms with Crippen LogP contribution in [0.5, 0.6) is 23.0 Å². The Kier molecular flexibility index (Phi) is 10.1. The highest BCUT2D eigenvalue weighted by molar-refractivity contribution is 6.19. The Morgan fingerprint density at radius 3 is 2.40 bits per heavy atom. The summed E-state index contributed by atoms with van der Waals surface area (Å²) < 4.78 is 21.2. The number of para-hydroxylation sites is 1. The van der Waals surface area contributed by atoms with Crippen molar-refractivity contribution in [3.05, 3.63) is 124 Å². The summed E-state index contributed by atoms with van der Waals surface area (Å²) in [5.74, 6) is -1.56. The lowest BCUT2D eigenvalue weighted by molar-refractivity contribution is -0.171. The van der Waals surface area contributed by atoms with Gasteiger partial charge in [-0.3, -0.25) is 19.4 Å². The third kappa shape index (κ3) is 6.42. The zero-order valence-corrected chi connectivity index (χ0v) is 35.7. The van der Waals surface area contributed by atoms with Crippen LogP contribution in [0, 0.1) is 11.8 Å². The summed E-state index contributed by atoms with van der Waals surface area (Å²) in [6.45, 7) is 15.7. The van der Waals surface area contributed by atoms with E-state index in [1.54, 1.807) is 67.9 Å². The van der Waals surface area contributed by atoms with Crippen molar-refractivity contribution in [1.82, 2.24) is 4.98 Å². The fourth-order valence-corrected chi connectivity index (χ4v) is 9.99. The van der Waals surface area contributed by atoms with Crippen LogP contribution in [0.1, 0.15) is 108 Å². The zero-order valence-electron chi connectivity index (χ0n) is 35.7. The van der Waals surface area contributed by atoms with Gasteiger partial charge in [0, 0.05) is 46.7 Å². The Labute approximate surface area is 352 Å². The quantitative estimate of drug-likeness (QED) is 0.143. The Hall–Kier alpha value is -5.74. The first-order valence-electron chi connectivity index (χ1n) is 20.9. The van der Waals surface area contributed by atoms with Crippen molar-refractivity contribution >= 4 is 29.2 Å². The molecule has 10 nitrogen and oxygen atoms in total. The average Bonchev–Trinajstić information content (AvgIpc) is 3.36. The van der Waals surface area contributed by atoms with Crippen molar-refractivity contribution in [1.29, 1.82) is 0 Å². The van der Waals surface area contributed by atoms with Gasteiger partial charge in [-0.05, 0) is 111 Å². The molecule has 6 aliphatic rings. The van der Waals surface area contributed by atoms with Crippen LogP contribution < -0.4 is 14.4 Å². The van der Waals surface area contributed by atoms with Crippen LogP contribution in [-0.4, -0.2) is 55.1 Å². The monoisotopic (exact) mass is 810 g/mol. The van der Waals surface area contributed by atoms with Gasteiger partial charge in [-0.15, -0.1) is 0 Å². The number of hydrogen-bond acceptors (Lipinski definition) is 9. The van der Waals surface area contributed by atoms with Gasteiger partial charge in [-0.25, -0.2) is 0 Å². The largest absolute Gasteiger partial charge is 0.508 e. The predicted molar refractivity (Wildman–Crippen MR) is 230 cm³/mol. The normalized spacial score (nSPS) is 26.5. The lowest BCUT2D eigenvalue weighted by Crippen LogP contribution is -2.72. The number of pyridine rings is 1. The number of benzene rings is 2. The summed E-state index contributed by atoms with van der Waals surface area (Å²) in [6.07, 6.45) is 16.8. The minimum Gasteiger partial charge on any atom is -0.508 e. The van der Waals surface area contributed by atoms with Crippen molar-refractivity contribution < 1.29 is 38.8 Å². The smallest absolute Gasteiger partial charge is 0.253 e. The number of ketones is 2. The third-order valence-corrected chi connectivity index (χ3v) is 13.0. The van der Waals surface area contributed by atoms with Crippen molar-refractivity contribution in [2.24, 2.45) is 11.8 Å². The minimum absolute atomic E-state index is 0.0507. The number of amides is 1. The van der Waals surface area contributed by atoms with Crippen LogP contribution in [0.4, 0.5) is 5.69 Å². The second-order valence-electron chi connectivity index (χ2n) is 18.2. The lowest BCUT2D eigenvalue weighted by atomic mass is 9.51. The van der Waals surface area contributed by atoms with E-state index in [1.165, 1.54) is 10.5 Å². The Balaban J connectivity index is 1.25. The van der Waals surface area contributed by atoms with Crippen molar-refractivity contribution in [2.45, 2.75) is 116 Å². The fraction of sp³-hybridized carbons (Fsp3) is 0.400. The second-order valence-corrected chi connectivity index (χ2v) is 18.2. The number of fused-ring (bicyclic) bond motifs is 2. The van der Waals surface area contributed by atoms with Gasteiger partial charge < -0.3 is 29.3 Å². The molecule has 1 saturated carbocycles. The van der Waals surface area contributed by atoms with Gasteiger partial charge in [0.05, 0.1) is 29.6 Å². The van der Waals surface area contributed by atoms with Crippen LogP contribution >= 0.6 is 0 Å². The number of aromatic hydroxyl groups is 2. The molecule has 2 aromatic carbocycles. The molecule has 2 fully saturated rings. The summed E-state index contributed by atoms with van der Waals surface area (Å²) in [4.78, 5) is 50.4. The number of anilines is 1. The number of Topliss-reactive ketones (excluding diaryl/α,β-unsaturated/α-hetero) is 2. The maximum atomic E-state index is 15.2. The van der Waals surface area contributed by atoms with E-state index in [0.717, 1.165) is 12.0 Å². The van der Waals surface area contributed by atoms with Gasteiger partial charge in [0.15, 0.2) is 22.8 Å². The van der Waals surface area contributed by atoms with Gasteiger partial charge >= 0.3 is 0 Å². The van der Waals surface area contributed by atoms with E-state index in [2.05, 4.69) is 24.9 Å². The van der Waals surface area contributed by atoms with Gasteiger partial charge in [0.1, 0.15) is 34.2 Å². The SMILES string of the molecule is CC(C)=CCCC1(C)C=Cc2c(O)c3c(c(CC=C(C)C)c2O1)OC12C(=CC4CC1C(C)(C)OC2(C/C=C(/C)C(=O)N(Cc1ccccc1O)c1cccnc1)C4=O)C3=O. The summed E-state index contributed by atoms with van der Waals surface area (Å²) in [7, 11) is 0.